The van der Waals surface area contributed by atoms with Crippen molar-refractivity contribution >= 4 is 34.4 Å². The van der Waals surface area contributed by atoms with Gasteiger partial charge in [0.15, 0.2) is 6.61 Å². The summed E-state index contributed by atoms with van der Waals surface area (Å²) in [6.07, 6.45) is 0.105. The Balaban J connectivity index is 2.23. The number of carbonyl (C=O) groups excluding carboxylic acids is 2. The second kappa shape index (κ2) is 7.14. The Hall–Kier alpha value is -1.26. The zero-order valence-corrected chi connectivity index (χ0v) is 10.4. The number of carbonyl (C=O) groups is 2. The predicted octanol–water partition coefficient (Wildman–Crippen LogP) is 1.99. The molecule has 1 amide bonds. The number of nitrogens with one attached hydrogen (secondary N) is 1. The van der Waals surface area contributed by atoms with Crippen LogP contribution in [0.15, 0.2) is 24.3 Å². The molecular formula is C11H11Cl2NO3. The van der Waals surface area contributed by atoms with Gasteiger partial charge < -0.3 is 10.1 Å². The van der Waals surface area contributed by atoms with Gasteiger partial charge in [-0.05, 0) is 35.9 Å². The van der Waals surface area contributed by atoms with Crippen LogP contribution in [-0.2, 0) is 9.59 Å². The first-order valence-electron chi connectivity index (χ1n) is 4.91. The first-order valence-corrected chi connectivity index (χ1v) is 5.67. The van der Waals surface area contributed by atoms with E-state index in [1.54, 1.807) is 24.3 Å². The van der Waals surface area contributed by atoms with Gasteiger partial charge >= 0.3 is 0 Å². The van der Waals surface area contributed by atoms with Crippen molar-refractivity contribution in [2.45, 2.75) is 6.42 Å². The summed E-state index contributed by atoms with van der Waals surface area (Å²) in [6.45, 7) is 0.100. The molecule has 0 bridgehead atoms. The van der Waals surface area contributed by atoms with E-state index in [0.717, 1.165) is 0 Å². The molecule has 17 heavy (non-hydrogen) atoms. The van der Waals surface area contributed by atoms with E-state index < -0.39 is 5.24 Å². The molecule has 0 aromatic heterocycles. The average molecular weight is 276 g/mol. The van der Waals surface area contributed by atoms with Gasteiger partial charge in [-0.25, -0.2) is 0 Å². The molecule has 0 saturated carbocycles. The van der Waals surface area contributed by atoms with Crippen molar-refractivity contribution in [1.29, 1.82) is 0 Å². The summed E-state index contributed by atoms with van der Waals surface area (Å²) >= 11 is 10.8. The lowest BCUT2D eigenvalue weighted by Gasteiger charge is -2.06. The van der Waals surface area contributed by atoms with Crippen LogP contribution in [0.25, 0.3) is 0 Å². The fourth-order valence-corrected chi connectivity index (χ4v) is 1.25. The van der Waals surface area contributed by atoms with Gasteiger partial charge in [-0.15, -0.1) is 0 Å². The minimum Gasteiger partial charge on any atom is -0.484 e. The first-order chi connectivity index (χ1) is 8.08. The second-order valence-electron chi connectivity index (χ2n) is 3.20. The van der Waals surface area contributed by atoms with E-state index in [2.05, 4.69) is 5.32 Å². The van der Waals surface area contributed by atoms with E-state index >= 15 is 0 Å². The maximum Gasteiger partial charge on any atom is 0.257 e. The van der Waals surface area contributed by atoms with E-state index in [1.807, 2.05) is 0 Å². The van der Waals surface area contributed by atoms with E-state index in [4.69, 9.17) is 27.9 Å². The maximum absolute atomic E-state index is 11.2. The molecule has 1 N–H and O–H groups in total. The zero-order chi connectivity index (χ0) is 12.7. The number of halogens is 2. The SMILES string of the molecule is O=C(Cl)CCNC(=O)COc1ccc(Cl)cc1. The van der Waals surface area contributed by atoms with Crippen LogP contribution in [0.3, 0.4) is 0 Å². The molecule has 0 atom stereocenters. The van der Waals surface area contributed by atoms with Crippen LogP contribution in [0.4, 0.5) is 0 Å². The van der Waals surface area contributed by atoms with E-state index in [1.165, 1.54) is 0 Å². The summed E-state index contributed by atoms with van der Waals surface area (Å²) in [5.74, 6) is 0.246. The van der Waals surface area contributed by atoms with Gasteiger partial charge in [0.05, 0.1) is 0 Å². The molecule has 4 nitrogen and oxygen atoms in total. The smallest absolute Gasteiger partial charge is 0.257 e. The van der Waals surface area contributed by atoms with Gasteiger partial charge in [0.2, 0.25) is 5.24 Å². The topological polar surface area (TPSA) is 55.4 Å². The fraction of sp³-hybridized carbons (Fsp3) is 0.273. The van der Waals surface area contributed by atoms with Crippen LogP contribution in [0.5, 0.6) is 5.75 Å². The van der Waals surface area contributed by atoms with Crippen molar-refractivity contribution in [2.24, 2.45) is 0 Å². The Bertz CT molecular complexity index is 392. The van der Waals surface area contributed by atoms with E-state index in [-0.39, 0.29) is 25.5 Å². The quantitative estimate of drug-likeness (QED) is 0.808. The van der Waals surface area contributed by atoms with Crippen LogP contribution in [0, 0.1) is 0 Å². The highest BCUT2D eigenvalue weighted by atomic mass is 35.5. The molecule has 0 aliphatic rings. The first kappa shape index (κ1) is 13.8. The zero-order valence-electron chi connectivity index (χ0n) is 8.91. The van der Waals surface area contributed by atoms with Gasteiger partial charge in [-0.3, -0.25) is 9.59 Å². The summed E-state index contributed by atoms with van der Waals surface area (Å²) < 4.78 is 5.19. The molecule has 1 aromatic carbocycles. The Morgan fingerprint density at radius 1 is 1.24 bits per heavy atom. The van der Waals surface area contributed by atoms with Crippen LogP contribution >= 0.6 is 23.2 Å². The number of hydrogen-bond acceptors (Lipinski definition) is 3. The predicted molar refractivity (Wildman–Crippen MR) is 65.4 cm³/mol. The number of ether oxygens (including phenoxy) is 1. The van der Waals surface area contributed by atoms with Gasteiger partial charge in [-0.2, -0.15) is 0 Å². The summed E-state index contributed by atoms with van der Waals surface area (Å²) in [6, 6.07) is 6.66. The molecule has 0 radical (unpaired) electrons. The minimum atomic E-state index is -0.482. The molecule has 6 heteroatoms. The van der Waals surface area contributed by atoms with Crippen molar-refractivity contribution in [3.63, 3.8) is 0 Å². The minimum absolute atomic E-state index is 0.105. The molecule has 92 valence electrons. The molecule has 1 aromatic rings. The third-order valence-electron chi connectivity index (χ3n) is 1.83. The van der Waals surface area contributed by atoms with E-state index in [0.29, 0.717) is 10.8 Å². The Kier molecular flexibility index (Phi) is 5.80. The highest BCUT2D eigenvalue weighted by molar-refractivity contribution is 6.63. The summed E-state index contributed by atoms with van der Waals surface area (Å²) in [5.41, 5.74) is 0. The van der Waals surface area contributed by atoms with Gasteiger partial charge in [0, 0.05) is 18.0 Å². The summed E-state index contributed by atoms with van der Waals surface area (Å²) in [4.78, 5) is 21.7. The number of rotatable bonds is 6. The maximum atomic E-state index is 11.2. The Morgan fingerprint density at radius 3 is 2.47 bits per heavy atom. The molecule has 0 saturated heterocycles. The monoisotopic (exact) mass is 275 g/mol. The molecule has 0 heterocycles. The van der Waals surface area contributed by atoms with Crippen LogP contribution in [0.1, 0.15) is 6.42 Å². The molecular weight excluding hydrogens is 265 g/mol. The third kappa shape index (κ3) is 6.14. The van der Waals surface area contributed by atoms with Crippen molar-refractivity contribution < 1.29 is 14.3 Å². The molecule has 0 spiro atoms. The normalized spacial score (nSPS) is 9.76. The standard InChI is InChI=1S/C11H11Cl2NO3/c12-8-1-3-9(4-2-8)17-7-11(16)14-6-5-10(13)15/h1-4H,5-7H2,(H,14,16). The average Bonchev–Trinajstić information content (AvgIpc) is 2.28. The largest absolute Gasteiger partial charge is 0.484 e. The number of amides is 1. The molecule has 0 aliphatic carbocycles. The van der Waals surface area contributed by atoms with Crippen molar-refractivity contribution in [2.75, 3.05) is 13.2 Å². The summed E-state index contributed by atoms with van der Waals surface area (Å²) in [7, 11) is 0. The molecule has 1 rings (SSSR count). The van der Waals surface area contributed by atoms with Crippen molar-refractivity contribution in [3.05, 3.63) is 29.3 Å². The lowest BCUT2D eigenvalue weighted by atomic mass is 10.3. The fourth-order valence-electron chi connectivity index (χ4n) is 1.03. The lowest BCUT2D eigenvalue weighted by Crippen LogP contribution is -2.30. The number of benzene rings is 1. The third-order valence-corrected chi connectivity index (χ3v) is 2.27. The highest BCUT2D eigenvalue weighted by Gasteiger charge is 2.03. The van der Waals surface area contributed by atoms with Gasteiger partial charge in [0.1, 0.15) is 5.75 Å². The summed E-state index contributed by atoms with van der Waals surface area (Å²) in [5, 5.41) is 2.62. The molecule has 0 fully saturated rings. The molecule has 0 aliphatic heterocycles. The second-order valence-corrected chi connectivity index (χ2v) is 4.06. The van der Waals surface area contributed by atoms with Gasteiger partial charge in [0.25, 0.3) is 5.91 Å². The van der Waals surface area contributed by atoms with Crippen molar-refractivity contribution in [1.82, 2.24) is 5.32 Å². The molecule has 0 unspecified atom stereocenters. The number of hydrogen-bond donors (Lipinski definition) is 1. The Labute approximate surface area is 109 Å². The highest BCUT2D eigenvalue weighted by Crippen LogP contribution is 2.15. The van der Waals surface area contributed by atoms with Gasteiger partial charge in [-0.1, -0.05) is 11.6 Å². The van der Waals surface area contributed by atoms with E-state index in [9.17, 15) is 9.59 Å². The lowest BCUT2D eigenvalue weighted by molar-refractivity contribution is -0.123. The van der Waals surface area contributed by atoms with Crippen LogP contribution < -0.4 is 10.1 Å². The van der Waals surface area contributed by atoms with Crippen molar-refractivity contribution in [3.8, 4) is 5.75 Å². The van der Waals surface area contributed by atoms with Crippen LogP contribution in [-0.4, -0.2) is 24.3 Å². The Morgan fingerprint density at radius 2 is 1.88 bits per heavy atom. The van der Waals surface area contributed by atoms with Crippen LogP contribution in [0.2, 0.25) is 5.02 Å².